The van der Waals surface area contributed by atoms with Crippen LogP contribution in [0, 0.1) is 3.57 Å². The molecule has 0 atom stereocenters. The average Bonchev–Trinajstić information content (AvgIpc) is 2.17. The number of alkyl halides is 2. The molecular formula is C8H7F2IN2O. The lowest BCUT2D eigenvalue weighted by molar-refractivity contribution is 0.111. The van der Waals surface area contributed by atoms with Gasteiger partial charge in [0.25, 0.3) is 6.43 Å². The third-order valence-electron chi connectivity index (χ3n) is 1.62. The molecule has 1 aromatic heterocycles. The Hall–Kier alpha value is -0.630. The van der Waals surface area contributed by atoms with Crippen molar-refractivity contribution < 1.29 is 13.6 Å². The largest absolute Gasteiger partial charge is 0.325 e. The van der Waals surface area contributed by atoms with Crippen LogP contribution >= 0.6 is 22.6 Å². The Morgan fingerprint density at radius 2 is 2.29 bits per heavy atom. The molecule has 0 amide bonds. The molecule has 0 saturated heterocycles. The zero-order valence-corrected chi connectivity index (χ0v) is 9.16. The fourth-order valence-electron chi connectivity index (χ4n) is 0.981. The molecule has 0 bridgehead atoms. The Labute approximate surface area is 92.8 Å². The minimum absolute atomic E-state index is 0.0128. The van der Waals surface area contributed by atoms with E-state index in [1.807, 2.05) is 0 Å². The van der Waals surface area contributed by atoms with Gasteiger partial charge in [0.15, 0.2) is 6.29 Å². The van der Waals surface area contributed by atoms with E-state index in [0.29, 0.717) is 15.6 Å². The minimum Gasteiger partial charge on any atom is -0.325 e. The van der Waals surface area contributed by atoms with Crippen molar-refractivity contribution in [2.75, 3.05) is 0 Å². The van der Waals surface area contributed by atoms with Crippen molar-refractivity contribution in [3.05, 3.63) is 26.6 Å². The summed E-state index contributed by atoms with van der Waals surface area (Å²) in [5, 5.41) is 0. The van der Waals surface area contributed by atoms with Crippen LogP contribution in [-0.4, -0.2) is 11.3 Å². The molecule has 1 heterocycles. The quantitative estimate of drug-likeness (QED) is 0.685. The summed E-state index contributed by atoms with van der Waals surface area (Å²) < 4.78 is 25.3. The Kier molecular flexibility index (Phi) is 3.87. The number of nitrogens with two attached hydrogens (primary N) is 1. The third kappa shape index (κ3) is 2.24. The monoisotopic (exact) mass is 312 g/mol. The standard InChI is InChI=1S/C8H7F2IN2O/c9-8(10)5-1-4(3-14)13-6(2-12)7(5)11/h1,3,8H,2,12H2. The molecule has 0 aliphatic heterocycles. The van der Waals surface area contributed by atoms with Crippen molar-refractivity contribution in [2.24, 2.45) is 5.73 Å². The van der Waals surface area contributed by atoms with Gasteiger partial charge in [0.1, 0.15) is 5.69 Å². The SMILES string of the molecule is NCc1nc(C=O)cc(C(F)F)c1I. The molecule has 3 nitrogen and oxygen atoms in total. The van der Waals surface area contributed by atoms with Gasteiger partial charge < -0.3 is 5.73 Å². The highest BCUT2D eigenvalue weighted by Crippen LogP contribution is 2.26. The van der Waals surface area contributed by atoms with Crippen LogP contribution < -0.4 is 5.73 Å². The van der Waals surface area contributed by atoms with Gasteiger partial charge in [0.05, 0.1) is 5.69 Å². The summed E-state index contributed by atoms with van der Waals surface area (Å²) in [5.74, 6) is 0. The molecule has 2 N–H and O–H groups in total. The van der Waals surface area contributed by atoms with E-state index in [9.17, 15) is 13.6 Å². The number of rotatable bonds is 3. The molecular weight excluding hydrogens is 305 g/mol. The first-order valence-electron chi connectivity index (χ1n) is 3.72. The van der Waals surface area contributed by atoms with Crippen LogP contribution in [0.3, 0.4) is 0 Å². The van der Waals surface area contributed by atoms with Crippen molar-refractivity contribution in [3.8, 4) is 0 Å². The zero-order valence-electron chi connectivity index (χ0n) is 7.01. The number of carbonyl (C=O) groups is 1. The van der Waals surface area contributed by atoms with Crippen LogP contribution in [0.1, 0.15) is 28.2 Å². The van der Waals surface area contributed by atoms with E-state index in [-0.39, 0.29) is 17.8 Å². The predicted octanol–water partition coefficient (Wildman–Crippen LogP) is 1.89. The molecule has 0 saturated carbocycles. The Morgan fingerprint density at radius 3 is 2.71 bits per heavy atom. The second-order valence-corrected chi connectivity index (χ2v) is 3.60. The molecule has 1 aromatic rings. The number of hydrogen-bond acceptors (Lipinski definition) is 3. The highest BCUT2D eigenvalue weighted by molar-refractivity contribution is 14.1. The molecule has 0 spiro atoms. The van der Waals surface area contributed by atoms with Gasteiger partial charge in [-0.25, -0.2) is 13.8 Å². The highest BCUT2D eigenvalue weighted by atomic mass is 127. The highest BCUT2D eigenvalue weighted by Gasteiger charge is 2.16. The second-order valence-electron chi connectivity index (χ2n) is 2.52. The molecule has 0 aliphatic rings. The smallest absolute Gasteiger partial charge is 0.265 e. The van der Waals surface area contributed by atoms with Gasteiger partial charge in [-0.05, 0) is 28.7 Å². The van der Waals surface area contributed by atoms with E-state index in [1.165, 1.54) is 0 Å². The first-order chi connectivity index (χ1) is 6.60. The zero-order chi connectivity index (χ0) is 10.7. The summed E-state index contributed by atoms with van der Waals surface area (Å²) in [6, 6.07) is 1.08. The fraction of sp³-hybridized carbons (Fsp3) is 0.250. The molecule has 76 valence electrons. The number of aldehydes is 1. The van der Waals surface area contributed by atoms with E-state index in [1.54, 1.807) is 22.6 Å². The minimum atomic E-state index is -2.62. The topological polar surface area (TPSA) is 56.0 Å². The Balaban J connectivity index is 3.34. The van der Waals surface area contributed by atoms with Crippen molar-refractivity contribution in [1.29, 1.82) is 0 Å². The lowest BCUT2D eigenvalue weighted by atomic mass is 10.2. The normalized spacial score (nSPS) is 10.6. The molecule has 0 aromatic carbocycles. The number of aromatic nitrogens is 1. The average molecular weight is 312 g/mol. The molecule has 1 rings (SSSR count). The van der Waals surface area contributed by atoms with Crippen LogP contribution in [0.5, 0.6) is 0 Å². The van der Waals surface area contributed by atoms with Gasteiger partial charge >= 0.3 is 0 Å². The lowest BCUT2D eigenvalue weighted by Gasteiger charge is -2.07. The third-order valence-corrected chi connectivity index (χ3v) is 2.87. The number of pyridine rings is 1. The van der Waals surface area contributed by atoms with Crippen LogP contribution in [0.25, 0.3) is 0 Å². The van der Waals surface area contributed by atoms with Crippen LogP contribution in [-0.2, 0) is 6.54 Å². The van der Waals surface area contributed by atoms with E-state index in [2.05, 4.69) is 4.98 Å². The summed E-state index contributed by atoms with van der Waals surface area (Å²) in [6.07, 6.45) is -2.19. The van der Waals surface area contributed by atoms with Gasteiger partial charge in [-0.2, -0.15) is 0 Å². The lowest BCUT2D eigenvalue weighted by Crippen LogP contribution is -2.08. The number of carbonyl (C=O) groups excluding carboxylic acids is 1. The first-order valence-corrected chi connectivity index (χ1v) is 4.80. The number of nitrogens with zero attached hydrogens (tertiary/aromatic N) is 1. The van der Waals surface area contributed by atoms with Crippen LogP contribution in [0.2, 0.25) is 0 Å². The van der Waals surface area contributed by atoms with Crippen molar-refractivity contribution in [1.82, 2.24) is 4.98 Å². The first kappa shape index (κ1) is 11.4. The Morgan fingerprint density at radius 1 is 1.64 bits per heavy atom. The summed E-state index contributed by atoms with van der Waals surface area (Å²) in [6.45, 7) is 0.0413. The maximum Gasteiger partial charge on any atom is 0.265 e. The molecule has 0 aliphatic carbocycles. The maximum atomic E-state index is 12.5. The molecule has 0 radical (unpaired) electrons. The van der Waals surface area contributed by atoms with Crippen LogP contribution in [0.4, 0.5) is 8.78 Å². The van der Waals surface area contributed by atoms with Crippen molar-refractivity contribution >= 4 is 28.9 Å². The molecule has 14 heavy (non-hydrogen) atoms. The van der Waals surface area contributed by atoms with Crippen molar-refractivity contribution in [2.45, 2.75) is 13.0 Å². The summed E-state index contributed by atoms with van der Waals surface area (Å²) in [4.78, 5) is 14.2. The summed E-state index contributed by atoms with van der Waals surface area (Å²) in [5.41, 5.74) is 5.44. The van der Waals surface area contributed by atoms with Crippen LogP contribution in [0.15, 0.2) is 6.07 Å². The van der Waals surface area contributed by atoms with Gasteiger partial charge in [0, 0.05) is 15.7 Å². The Bertz CT molecular complexity index is 357. The van der Waals surface area contributed by atoms with Gasteiger partial charge in [-0.1, -0.05) is 0 Å². The van der Waals surface area contributed by atoms with E-state index >= 15 is 0 Å². The summed E-state index contributed by atoms with van der Waals surface area (Å²) >= 11 is 1.75. The van der Waals surface area contributed by atoms with E-state index in [4.69, 9.17) is 5.73 Å². The fourth-order valence-corrected chi connectivity index (χ4v) is 1.71. The molecule has 6 heteroatoms. The predicted molar refractivity (Wildman–Crippen MR) is 55.2 cm³/mol. The van der Waals surface area contributed by atoms with Gasteiger partial charge in [-0.3, -0.25) is 4.79 Å². The molecule has 0 fully saturated rings. The molecule has 0 unspecified atom stereocenters. The van der Waals surface area contributed by atoms with Gasteiger partial charge in [0.2, 0.25) is 0 Å². The van der Waals surface area contributed by atoms with Gasteiger partial charge in [-0.15, -0.1) is 0 Å². The number of halogens is 3. The maximum absolute atomic E-state index is 12.5. The van der Waals surface area contributed by atoms with E-state index < -0.39 is 6.43 Å². The van der Waals surface area contributed by atoms with E-state index in [0.717, 1.165) is 6.07 Å². The van der Waals surface area contributed by atoms with Crippen molar-refractivity contribution in [3.63, 3.8) is 0 Å². The second kappa shape index (κ2) is 4.74. The summed E-state index contributed by atoms with van der Waals surface area (Å²) in [7, 11) is 0. The number of hydrogen-bond donors (Lipinski definition) is 1.